The summed E-state index contributed by atoms with van der Waals surface area (Å²) in [5, 5.41) is 9.66. The van der Waals surface area contributed by atoms with E-state index in [9.17, 15) is 28.4 Å². The van der Waals surface area contributed by atoms with Crippen LogP contribution in [0.25, 0.3) is 21.5 Å². The highest BCUT2D eigenvalue weighted by Gasteiger charge is 2.41. The van der Waals surface area contributed by atoms with Gasteiger partial charge in [-0.05, 0) is 147 Å². The van der Waals surface area contributed by atoms with Crippen LogP contribution >= 0.6 is 0 Å². The van der Waals surface area contributed by atoms with Crippen LogP contribution < -0.4 is 15.5 Å². The molecule has 5 aromatic carbocycles. The molecular weight excluding hydrogens is 844 g/mol. The number of benzene rings is 5. The van der Waals surface area contributed by atoms with E-state index in [1.807, 2.05) is 29.2 Å². The molecule has 12 heteroatoms. The summed E-state index contributed by atoms with van der Waals surface area (Å²) in [4.78, 5) is 73.2. The molecule has 0 bridgehead atoms. The van der Waals surface area contributed by atoms with Gasteiger partial charge in [-0.1, -0.05) is 72.5 Å². The number of hydrogen-bond acceptors (Lipinski definition) is 7. The maximum Gasteiger partial charge on any atom is 0.259 e. The minimum absolute atomic E-state index is 0.0345. The van der Waals surface area contributed by atoms with Crippen LogP contribution in [0, 0.1) is 29.5 Å². The summed E-state index contributed by atoms with van der Waals surface area (Å²) in [6, 6.07) is 28.6. The van der Waals surface area contributed by atoms with Gasteiger partial charge in [0.1, 0.15) is 11.9 Å². The van der Waals surface area contributed by atoms with E-state index in [1.165, 1.54) is 28.6 Å². The number of hydrogen-bond donors (Lipinski definition) is 2. The van der Waals surface area contributed by atoms with E-state index in [0.717, 1.165) is 97.7 Å². The number of amides is 5. The first-order valence-corrected chi connectivity index (χ1v) is 24.1. The Hall–Kier alpha value is -6.42. The average Bonchev–Trinajstić information content (AvgIpc) is 3.64. The summed E-state index contributed by atoms with van der Waals surface area (Å²) in [5.74, 6) is 6.53. The fourth-order valence-corrected chi connectivity index (χ4v) is 11.3. The number of likely N-dealkylation sites (tertiary alicyclic amines) is 3. The van der Waals surface area contributed by atoms with E-state index >= 15 is 0 Å². The highest BCUT2D eigenvalue weighted by molar-refractivity contribution is 6.27. The number of nitrogens with one attached hydrogen (secondary N) is 2. The van der Waals surface area contributed by atoms with E-state index in [4.69, 9.17) is 0 Å². The molecule has 5 aromatic rings. The van der Waals surface area contributed by atoms with Gasteiger partial charge in [-0.25, -0.2) is 4.39 Å². The van der Waals surface area contributed by atoms with Gasteiger partial charge in [0.2, 0.25) is 23.6 Å². The molecule has 4 fully saturated rings. The quantitative estimate of drug-likeness (QED) is 0.116. The lowest BCUT2D eigenvalue weighted by Gasteiger charge is -2.36. The standard InChI is InChI=1S/C55H57FN6O5/c1-35(60-30-24-40(25-31-60)53(65)57-33-37-6-2-8-41(56)32-37)42-9-4-10-43-38(7-3-11-45(42)43)15-14-36-20-28-61(29-21-36)51(64)34-59-26-22-39(23-27-59)44-16-17-47-52-46(44)12-5-13-48(52)62(55(47)67)49-18-19-50(63)58-54(49)66/h2-13,16-17,32,35-36,39-40,49H,18-31,33-34H2,1H3,(H,57,65)(H,58,63,66). The average molecular weight is 901 g/mol. The first kappa shape index (κ1) is 44.4. The molecule has 5 amide bonds. The first-order valence-electron chi connectivity index (χ1n) is 24.1. The molecule has 2 unspecified atom stereocenters. The molecule has 10 rings (SSSR count). The number of halogens is 1. The molecule has 2 atom stereocenters. The SMILES string of the molecule is CC(c1cccc2c(C#CC3CCN(C(=O)CN4CCC(c5ccc6c7c(cccc57)N(C5CCC(=O)NC5=O)C6=O)CC4)CC3)cccc12)N1CCC(C(=O)NCc2cccc(F)c2)CC1. The topological polar surface area (TPSA) is 122 Å². The highest BCUT2D eigenvalue weighted by Crippen LogP contribution is 2.44. The highest BCUT2D eigenvalue weighted by atomic mass is 19.1. The van der Waals surface area contributed by atoms with Crippen molar-refractivity contribution in [1.29, 1.82) is 0 Å². The van der Waals surface area contributed by atoms with E-state index in [2.05, 4.69) is 87.7 Å². The van der Waals surface area contributed by atoms with Gasteiger partial charge in [0, 0.05) is 60.4 Å². The van der Waals surface area contributed by atoms with Gasteiger partial charge < -0.3 is 10.2 Å². The predicted molar refractivity (Wildman–Crippen MR) is 256 cm³/mol. The van der Waals surface area contributed by atoms with Gasteiger partial charge in [0.15, 0.2) is 0 Å². The number of carbonyl (C=O) groups is 5. The number of piperidine rings is 4. The summed E-state index contributed by atoms with van der Waals surface area (Å²) in [6.07, 6.45) is 5.58. The molecule has 0 aliphatic carbocycles. The van der Waals surface area contributed by atoms with Crippen molar-refractivity contribution in [3.63, 3.8) is 0 Å². The van der Waals surface area contributed by atoms with Crippen molar-refractivity contribution in [2.45, 2.75) is 82.8 Å². The maximum absolute atomic E-state index is 13.6. The number of rotatable bonds is 9. The molecule has 4 saturated heterocycles. The molecule has 344 valence electrons. The van der Waals surface area contributed by atoms with Crippen LogP contribution in [0.3, 0.4) is 0 Å². The lowest BCUT2D eigenvalue weighted by molar-refractivity contribution is -0.135. The molecule has 5 heterocycles. The summed E-state index contributed by atoms with van der Waals surface area (Å²) in [7, 11) is 0. The summed E-state index contributed by atoms with van der Waals surface area (Å²) >= 11 is 0. The first-order chi connectivity index (χ1) is 32.6. The van der Waals surface area contributed by atoms with Crippen molar-refractivity contribution in [3.05, 3.63) is 125 Å². The van der Waals surface area contributed by atoms with E-state index < -0.39 is 11.9 Å². The monoisotopic (exact) mass is 900 g/mol. The van der Waals surface area contributed by atoms with Gasteiger partial charge in [-0.3, -0.25) is 44.0 Å². The van der Waals surface area contributed by atoms with Crippen molar-refractivity contribution in [2.24, 2.45) is 11.8 Å². The van der Waals surface area contributed by atoms with Crippen molar-refractivity contribution < 1.29 is 28.4 Å². The predicted octanol–water partition coefficient (Wildman–Crippen LogP) is 7.46. The molecule has 0 saturated carbocycles. The zero-order chi connectivity index (χ0) is 46.2. The maximum atomic E-state index is 13.6. The van der Waals surface area contributed by atoms with Crippen LogP contribution in [0.15, 0.2) is 91.0 Å². The Morgan fingerprint density at radius 1 is 0.791 bits per heavy atom. The van der Waals surface area contributed by atoms with E-state index in [-0.39, 0.29) is 59.7 Å². The third-order valence-corrected chi connectivity index (χ3v) is 15.1. The fourth-order valence-electron chi connectivity index (χ4n) is 11.3. The van der Waals surface area contributed by atoms with Gasteiger partial charge in [-0.15, -0.1) is 0 Å². The number of anilines is 1. The minimum Gasteiger partial charge on any atom is -0.352 e. The zero-order valence-corrected chi connectivity index (χ0v) is 38.1. The van der Waals surface area contributed by atoms with Crippen LogP contribution in [-0.2, 0) is 25.7 Å². The Morgan fingerprint density at radius 2 is 1.52 bits per heavy atom. The van der Waals surface area contributed by atoms with Crippen LogP contribution in [0.1, 0.15) is 103 Å². The molecule has 5 aliphatic heterocycles. The van der Waals surface area contributed by atoms with Crippen molar-refractivity contribution in [1.82, 2.24) is 25.3 Å². The van der Waals surface area contributed by atoms with Gasteiger partial charge in [0.05, 0.1) is 12.2 Å². The summed E-state index contributed by atoms with van der Waals surface area (Å²) < 4.78 is 13.6. The smallest absolute Gasteiger partial charge is 0.259 e. The third kappa shape index (κ3) is 9.07. The van der Waals surface area contributed by atoms with E-state index in [1.54, 1.807) is 11.0 Å². The Kier molecular flexibility index (Phi) is 12.6. The fraction of sp³-hybridized carbons (Fsp3) is 0.400. The molecular formula is C55H57FN6O5. The van der Waals surface area contributed by atoms with Crippen LogP contribution in [0.5, 0.6) is 0 Å². The van der Waals surface area contributed by atoms with Gasteiger partial charge >= 0.3 is 0 Å². The molecule has 0 aromatic heterocycles. The largest absolute Gasteiger partial charge is 0.352 e. The second-order valence-electron chi connectivity index (χ2n) is 19.1. The summed E-state index contributed by atoms with van der Waals surface area (Å²) in [5.41, 5.74) is 5.56. The zero-order valence-electron chi connectivity index (χ0n) is 38.1. The molecule has 0 spiro atoms. The number of nitrogens with zero attached hydrogens (tertiary/aromatic N) is 4. The van der Waals surface area contributed by atoms with Gasteiger partial charge in [-0.2, -0.15) is 0 Å². The van der Waals surface area contributed by atoms with Crippen LogP contribution in [-0.4, -0.2) is 96.1 Å². The number of imide groups is 1. The van der Waals surface area contributed by atoms with Crippen molar-refractivity contribution in [2.75, 3.05) is 50.7 Å². The van der Waals surface area contributed by atoms with E-state index in [0.29, 0.717) is 38.2 Å². The van der Waals surface area contributed by atoms with Crippen molar-refractivity contribution in [3.8, 4) is 11.8 Å². The lowest BCUT2D eigenvalue weighted by atomic mass is 9.85. The van der Waals surface area contributed by atoms with Crippen molar-refractivity contribution >= 4 is 56.8 Å². The second kappa shape index (κ2) is 19.1. The van der Waals surface area contributed by atoms with Crippen LogP contribution in [0.2, 0.25) is 0 Å². The normalized spacial score (nSPS) is 20.5. The molecule has 0 radical (unpaired) electrons. The Balaban J connectivity index is 0.706. The van der Waals surface area contributed by atoms with Crippen LogP contribution in [0.4, 0.5) is 10.1 Å². The number of carbonyl (C=O) groups excluding carboxylic acids is 5. The summed E-state index contributed by atoms with van der Waals surface area (Å²) in [6.45, 7) is 7.66. The minimum atomic E-state index is -0.709. The Morgan fingerprint density at radius 3 is 2.30 bits per heavy atom. The second-order valence-corrected chi connectivity index (χ2v) is 19.1. The molecule has 67 heavy (non-hydrogen) atoms. The number of fused-ring (bicyclic) bond motifs is 1. The molecule has 5 aliphatic rings. The third-order valence-electron chi connectivity index (χ3n) is 15.1. The Labute approximate surface area is 391 Å². The molecule has 11 nitrogen and oxygen atoms in total. The lowest BCUT2D eigenvalue weighted by Crippen LogP contribution is -2.53. The molecule has 2 N–H and O–H groups in total. The van der Waals surface area contributed by atoms with Gasteiger partial charge in [0.25, 0.3) is 5.91 Å². The Bertz CT molecular complexity index is 2830.